The Morgan fingerprint density at radius 1 is 0.338 bits per heavy atom. The minimum atomic E-state index is -1.44. The Balaban J connectivity index is 7.13. The maximum Gasteiger partial charge on any atom is 0.243 e. The lowest BCUT2D eigenvalue weighted by Gasteiger charge is -2.28. The van der Waals surface area contributed by atoms with E-state index >= 15 is 0 Å². The Labute approximate surface area is 434 Å². The van der Waals surface area contributed by atoms with Gasteiger partial charge in [0.1, 0.15) is 36.3 Å². The second-order valence-electron chi connectivity index (χ2n) is 16.4. The minimum Gasteiger partial charge on any atom is -0.370 e. The van der Waals surface area contributed by atoms with E-state index in [0.29, 0.717) is 0 Å². The van der Waals surface area contributed by atoms with Gasteiger partial charge >= 0.3 is 0 Å². The lowest BCUT2D eigenvalue weighted by atomic mass is 10.0. The zero-order chi connectivity index (χ0) is 56.2. The van der Waals surface area contributed by atoms with E-state index in [4.69, 9.17) is 68.8 Å². The van der Waals surface area contributed by atoms with E-state index in [2.05, 4.69) is 79.8 Å². The lowest BCUT2D eigenvalue weighted by Crippen LogP contribution is -2.59. The molecule has 0 aromatic carbocycles. The second-order valence-corrected chi connectivity index (χ2v) is 16.9. The Kier molecular flexibility index (Phi) is 33.6. The zero-order valence-electron chi connectivity index (χ0n) is 41.7. The molecule has 418 valence electrons. The molecule has 0 aliphatic carbocycles. The summed E-state index contributed by atoms with van der Waals surface area (Å²) in [6.45, 7) is 1.04. The fourth-order valence-corrected chi connectivity index (χ4v) is 6.61. The molecule has 6 atom stereocenters. The molecule has 0 aromatic heterocycles. The van der Waals surface area contributed by atoms with Crippen LogP contribution in [-0.2, 0) is 38.4 Å². The van der Waals surface area contributed by atoms with E-state index in [-0.39, 0.29) is 152 Å². The molecule has 0 aliphatic heterocycles. The molecule has 74 heavy (non-hydrogen) atoms. The van der Waals surface area contributed by atoms with Crippen molar-refractivity contribution < 1.29 is 38.4 Å². The van der Waals surface area contributed by atoms with Crippen LogP contribution in [0, 0.1) is 0 Å². The number of aliphatic imine (C=N–C) groups is 6. The highest BCUT2D eigenvalue weighted by molar-refractivity contribution is 7.96. The number of rotatable bonds is 38. The third-order valence-electron chi connectivity index (χ3n) is 9.94. The first kappa shape index (κ1) is 65.9. The number of hydrogen-bond acceptors (Lipinski definition) is 14. The summed E-state index contributed by atoms with van der Waals surface area (Å²) in [5.74, 6) is -6.86. The number of guanidine groups is 6. The molecule has 0 radical (unpaired) electrons. The Hall–Kier alpha value is -8.07. The first-order valence-electron chi connectivity index (χ1n) is 23.4. The third kappa shape index (κ3) is 33.5. The van der Waals surface area contributed by atoms with E-state index in [1.807, 2.05) is 0 Å². The van der Waals surface area contributed by atoms with Crippen LogP contribution in [0.5, 0.6) is 0 Å². The molecule has 0 saturated heterocycles. The molecular weight excluding hydrogens is 991 g/mol. The number of nitrogens with two attached hydrogens (primary N) is 12. The first-order chi connectivity index (χ1) is 34.8. The van der Waals surface area contributed by atoms with Gasteiger partial charge < -0.3 is 106 Å². The van der Waals surface area contributed by atoms with Crippen LogP contribution in [0.3, 0.4) is 0 Å². The molecule has 33 nitrogen and oxygen atoms in total. The minimum absolute atomic E-state index is 0.00349. The lowest BCUT2D eigenvalue weighted by molar-refractivity contribution is -0.135. The number of amides is 7. The van der Waals surface area contributed by atoms with Crippen molar-refractivity contribution in [3.8, 4) is 0 Å². The maximum absolute atomic E-state index is 14.4. The van der Waals surface area contributed by atoms with Crippen LogP contribution in [0.15, 0.2) is 30.0 Å². The Bertz CT molecular complexity index is 2010. The number of carbonyl (C=O) groups is 8. The monoisotopic (exact) mass is 1070 g/mol. The zero-order valence-corrected chi connectivity index (χ0v) is 42.6. The molecule has 0 aromatic rings. The fraction of sp³-hybridized carbons (Fsp3) is 0.650. The van der Waals surface area contributed by atoms with Crippen LogP contribution in [0.4, 0.5) is 0 Å². The molecule has 31 N–H and O–H groups in total. The standard InChI is InChI=1S/C40H79N25O8S/c1-21(66)60-23(9-3-15-54-36(43)44)30(69)62-25(11-5-17-56-38(47)48)32(71)64-27(13-7-19-58-40(51)52)34(73)65-26(12-6-18-57-39(49)50)33(72)63-24(10-4-16-55-37(45)46)31(70)61-22(8-2-14-53-35(41)42)29(68)59-20-28(67)74/h22-27H,2-20H2,1H3,(H,59,68)(H,60,66)(H,61,70)(H,62,69)(H,63,72)(H,64,71)(H,65,73)(H,67,74)(H4,41,42,53)(H4,43,44,54)(H4,45,46,55)(H4,47,48,56)(H4,49,50,57)(H4,51,52,58)/t22-,23-,24-,25-,26-,27-/m0/s1. The van der Waals surface area contributed by atoms with Crippen molar-refractivity contribution in [3.05, 3.63) is 0 Å². The van der Waals surface area contributed by atoms with Gasteiger partial charge in [-0.3, -0.25) is 68.3 Å². The normalized spacial score (nSPS) is 12.9. The van der Waals surface area contributed by atoms with E-state index in [1.165, 1.54) is 6.92 Å². The van der Waals surface area contributed by atoms with Gasteiger partial charge in [-0.15, -0.1) is 12.6 Å². The van der Waals surface area contributed by atoms with Crippen LogP contribution in [0.2, 0.25) is 0 Å². The smallest absolute Gasteiger partial charge is 0.243 e. The van der Waals surface area contributed by atoms with Crippen molar-refractivity contribution >= 4 is 94.9 Å². The average molecular weight is 1070 g/mol. The van der Waals surface area contributed by atoms with E-state index in [9.17, 15) is 38.4 Å². The number of hydrogen-bond donors (Lipinski definition) is 20. The molecule has 0 saturated carbocycles. The topological polar surface area (TPSA) is 607 Å². The van der Waals surface area contributed by atoms with Crippen LogP contribution in [-0.4, -0.2) is 164 Å². The van der Waals surface area contributed by atoms with E-state index < -0.39 is 89.3 Å². The second kappa shape index (κ2) is 37.7. The van der Waals surface area contributed by atoms with Gasteiger partial charge in [-0.25, -0.2) is 0 Å². The van der Waals surface area contributed by atoms with Crippen LogP contribution >= 0.6 is 12.6 Å². The van der Waals surface area contributed by atoms with Gasteiger partial charge in [0.25, 0.3) is 0 Å². The summed E-state index contributed by atoms with van der Waals surface area (Å²) in [5.41, 5.74) is 65.7. The van der Waals surface area contributed by atoms with Gasteiger partial charge in [-0.1, -0.05) is 0 Å². The van der Waals surface area contributed by atoms with E-state index in [0.717, 1.165) is 0 Å². The highest BCUT2D eigenvalue weighted by Gasteiger charge is 2.33. The summed E-state index contributed by atoms with van der Waals surface area (Å²) < 4.78 is 0. The summed E-state index contributed by atoms with van der Waals surface area (Å²) >= 11 is 3.67. The quantitative estimate of drug-likeness (QED) is 0.0118. The molecule has 0 aliphatic rings. The van der Waals surface area contributed by atoms with Crippen molar-refractivity contribution in [2.24, 2.45) is 98.8 Å². The number of carbonyl (C=O) groups excluding carboxylic acids is 8. The highest BCUT2D eigenvalue weighted by Crippen LogP contribution is 2.10. The Morgan fingerprint density at radius 3 is 0.703 bits per heavy atom. The molecule has 34 heteroatoms. The van der Waals surface area contributed by atoms with Crippen molar-refractivity contribution in [2.75, 3.05) is 45.8 Å². The number of nitrogens with one attached hydrogen (secondary N) is 7. The largest absolute Gasteiger partial charge is 0.370 e. The third-order valence-corrected chi connectivity index (χ3v) is 10.1. The molecular formula is C40H79N25O8S. The molecule has 7 amide bonds. The summed E-state index contributed by atoms with van der Waals surface area (Å²) in [5, 5.41) is 17.4. The summed E-state index contributed by atoms with van der Waals surface area (Å²) in [7, 11) is 0. The average Bonchev–Trinajstić information content (AvgIpc) is 3.30. The van der Waals surface area contributed by atoms with E-state index in [1.54, 1.807) is 0 Å². The van der Waals surface area contributed by atoms with Crippen LogP contribution < -0.4 is 106 Å². The van der Waals surface area contributed by atoms with Crippen molar-refractivity contribution in [1.82, 2.24) is 37.2 Å². The predicted molar refractivity (Wildman–Crippen MR) is 284 cm³/mol. The maximum atomic E-state index is 14.4. The predicted octanol–water partition coefficient (Wildman–Crippen LogP) is -9.19. The summed E-state index contributed by atoms with van der Waals surface area (Å²) in [6.07, 6.45) is 0.612. The Morgan fingerprint density at radius 2 is 0.527 bits per heavy atom. The molecule has 0 bridgehead atoms. The van der Waals surface area contributed by atoms with Gasteiger partial charge in [0, 0.05) is 46.2 Å². The van der Waals surface area contributed by atoms with Gasteiger partial charge in [0.2, 0.25) is 46.5 Å². The van der Waals surface area contributed by atoms with Crippen molar-refractivity contribution in [3.63, 3.8) is 0 Å². The summed E-state index contributed by atoms with van der Waals surface area (Å²) in [6, 6.07) is -7.98. The van der Waals surface area contributed by atoms with Gasteiger partial charge in [-0.05, 0) is 77.0 Å². The van der Waals surface area contributed by atoms with Gasteiger partial charge in [0.05, 0.1) is 6.54 Å². The summed E-state index contributed by atoms with van der Waals surface area (Å²) in [4.78, 5) is 131. The fourth-order valence-electron chi connectivity index (χ4n) is 6.53. The number of nitrogens with zero attached hydrogens (tertiary/aromatic N) is 6. The van der Waals surface area contributed by atoms with Gasteiger partial charge in [-0.2, -0.15) is 0 Å². The molecule has 0 spiro atoms. The molecule has 0 unspecified atom stereocenters. The SMILES string of the molecule is CC(=O)N[C@@H](CCCN=C(N)N)C(=O)N[C@@H](CCCN=C(N)N)C(=O)N[C@@H](CCCN=C(N)N)C(=O)N[C@@H](CCCN=C(N)N)C(=O)N[C@@H](CCCN=C(N)N)C(=O)N[C@@H](CCCN=C(N)N)C(=O)NCC(=O)S. The van der Waals surface area contributed by atoms with Crippen LogP contribution in [0.25, 0.3) is 0 Å². The number of thiol groups is 1. The van der Waals surface area contributed by atoms with Gasteiger partial charge in [0.15, 0.2) is 35.8 Å². The molecule has 0 rings (SSSR count). The molecule has 0 heterocycles. The van der Waals surface area contributed by atoms with Crippen LogP contribution in [0.1, 0.15) is 84.0 Å². The van der Waals surface area contributed by atoms with Crippen molar-refractivity contribution in [2.45, 2.75) is 120 Å². The van der Waals surface area contributed by atoms with Crippen molar-refractivity contribution in [1.29, 1.82) is 0 Å². The first-order valence-corrected chi connectivity index (χ1v) is 23.9. The molecule has 0 fully saturated rings. The highest BCUT2D eigenvalue weighted by atomic mass is 32.1.